The van der Waals surface area contributed by atoms with Crippen molar-refractivity contribution < 1.29 is 4.74 Å². The zero-order valence-electron chi connectivity index (χ0n) is 10.6. The number of ether oxygens (including phenoxy) is 1. The molecule has 0 bridgehead atoms. The Labute approximate surface area is 106 Å². The van der Waals surface area contributed by atoms with Gasteiger partial charge in [-0.1, -0.05) is 0 Å². The van der Waals surface area contributed by atoms with Crippen LogP contribution in [0.3, 0.4) is 0 Å². The highest BCUT2D eigenvalue weighted by Crippen LogP contribution is 2.22. The highest BCUT2D eigenvalue weighted by molar-refractivity contribution is 5.63. The molecule has 0 aliphatic heterocycles. The topological polar surface area (TPSA) is 78.8 Å². The van der Waals surface area contributed by atoms with E-state index in [-0.39, 0.29) is 0 Å². The fourth-order valence-electron chi connectivity index (χ4n) is 1.84. The first-order valence-electron chi connectivity index (χ1n) is 5.84. The van der Waals surface area contributed by atoms with Crippen molar-refractivity contribution in [2.24, 2.45) is 0 Å². The zero-order valence-corrected chi connectivity index (χ0v) is 10.6. The second kappa shape index (κ2) is 5.59. The smallest absolute Gasteiger partial charge is 0.182 e. The maximum atomic E-state index is 5.74. The summed E-state index contributed by atoms with van der Waals surface area (Å²) < 4.78 is 6.82. The molecule has 2 rings (SSSR count). The average molecular weight is 247 g/mol. The largest absolute Gasteiger partial charge is 0.399 e. The standard InChI is InChI=1S/C12H17N5O/c1-9-8-10(13)4-5-11(9)12-14-15-16-17(12)6-3-7-18-2/h4-5,8H,3,6-7,13H2,1-2H3. The number of rotatable bonds is 5. The molecule has 0 fully saturated rings. The van der Waals surface area contributed by atoms with Gasteiger partial charge in [-0.15, -0.1) is 5.10 Å². The van der Waals surface area contributed by atoms with Gasteiger partial charge in [-0.25, -0.2) is 4.68 Å². The third kappa shape index (κ3) is 2.65. The monoisotopic (exact) mass is 247 g/mol. The van der Waals surface area contributed by atoms with Crippen molar-refractivity contribution in [1.29, 1.82) is 0 Å². The summed E-state index contributed by atoms with van der Waals surface area (Å²) in [6.07, 6.45) is 0.878. The molecule has 2 aromatic rings. The van der Waals surface area contributed by atoms with E-state index in [1.807, 2.05) is 25.1 Å². The first kappa shape index (κ1) is 12.5. The Morgan fingerprint density at radius 2 is 2.22 bits per heavy atom. The third-order valence-electron chi connectivity index (χ3n) is 2.74. The van der Waals surface area contributed by atoms with Crippen molar-refractivity contribution in [3.8, 4) is 11.4 Å². The van der Waals surface area contributed by atoms with Crippen LogP contribution >= 0.6 is 0 Å². The summed E-state index contributed by atoms with van der Waals surface area (Å²) >= 11 is 0. The lowest BCUT2D eigenvalue weighted by Gasteiger charge is -2.07. The minimum absolute atomic E-state index is 0.694. The van der Waals surface area contributed by atoms with Gasteiger partial charge in [0.1, 0.15) is 0 Å². The lowest BCUT2D eigenvalue weighted by Crippen LogP contribution is -2.06. The van der Waals surface area contributed by atoms with Crippen LogP contribution in [0.2, 0.25) is 0 Å². The molecule has 96 valence electrons. The van der Waals surface area contributed by atoms with Gasteiger partial charge in [0.15, 0.2) is 5.82 Å². The molecule has 18 heavy (non-hydrogen) atoms. The predicted molar refractivity (Wildman–Crippen MR) is 68.9 cm³/mol. The molecule has 0 amide bonds. The molecule has 0 aliphatic carbocycles. The van der Waals surface area contributed by atoms with Crippen molar-refractivity contribution in [3.05, 3.63) is 23.8 Å². The Balaban J connectivity index is 2.25. The van der Waals surface area contributed by atoms with Crippen molar-refractivity contribution in [2.75, 3.05) is 19.5 Å². The van der Waals surface area contributed by atoms with Gasteiger partial charge in [0.25, 0.3) is 0 Å². The number of nitrogens with zero attached hydrogens (tertiary/aromatic N) is 4. The summed E-state index contributed by atoms with van der Waals surface area (Å²) in [5.41, 5.74) is 8.56. The van der Waals surface area contributed by atoms with Crippen LogP contribution < -0.4 is 5.73 Å². The number of aromatic nitrogens is 4. The van der Waals surface area contributed by atoms with Gasteiger partial charge in [-0.2, -0.15) is 0 Å². The van der Waals surface area contributed by atoms with Gasteiger partial charge in [-0.3, -0.25) is 0 Å². The number of hydrogen-bond acceptors (Lipinski definition) is 5. The second-order valence-corrected chi connectivity index (χ2v) is 4.15. The molecule has 1 aromatic carbocycles. The Bertz CT molecular complexity index is 523. The van der Waals surface area contributed by atoms with Crippen molar-refractivity contribution in [3.63, 3.8) is 0 Å². The van der Waals surface area contributed by atoms with E-state index in [9.17, 15) is 0 Å². The van der Waals surface area contributed by atoms with E-state index < -0.39 is 0 Å². The number of nitrogen functional groups attached to an aromatic ring is 1. The van der Waals surface area contributed by atoms with Crippen LogP contribution in [0.5, 0.6) is 0 Å². The SMILES string of the molecule is COCCCn1nnnc1-c1ccc(N)cc1C. The van der Waals surface area contributed by atoms with Crippen molar-refractivity contribution in [1.82, 2.24) is 20.2 Å². The molecule has 0 atom stereocenters. The van der Waals surface area contributed by atoms with Gasteiger partial charge < -0.3 is 10.5 Å². The molecule has 0 saturated heterocycles. The molecule has 1 aromatic heterocycles. The highest BCUT2D eigenvalue weighted by Gasteiger charge is 2.11. The first-order chi connectivity index (χ1) is 8.72. The fraction of sp³-hybridized carbons (Fsp3) is 0.417. The summed E-state index contributed by atoms with van der Waals surface area (Å²) in [7, 11) is 1.69. The maximum absolute atomic E-state index is 5.74. The fourth-order valence-corrected chi connectivity index (χ4v) is 1.84. The molecular weight excluding hydrogens is 230 g/mol. The van der Waals surface area contributed by atoms with Crippen molar-refractivity contribution >= 4 is 5.69 Å². The molecule has 0 saturated carbocycles. The van der Waals surface area contributed by atoms with Crippen LogP contribution in [0.25, 0.3) is 11.4 Å². The number of tetrazole rings is 1. The lowest BCUT2D eigenvalue weighted by molar-refractivity contribution is 0.189. The van der Waals surface area contributed by atoms with Crippen LogP contribution in [0, 0.1) is 6.92 Å². The number of hydrogen-bond donors (Lipinski definition) is 1. The molecule has 6 heteroatoms. The molecule has 6 nitrogen and oxygen atoms in total. The van der Waals surface area contributed by atoms with Crippen LogP contribution in [-0.2, 0) is 11.3 Å². The molecule has 0 unspecified atom stereocenters. The minimum atomic E-state index is 0.694. The molecule has 0 aliphatic rings. The number of benzene rings is 1. The number of nitrogens with two attached hydrogens (primary N) is 1. The van der Waals surface area contributed by atoms with E-state index in [0.717, 1.165) is 35.6 Å². The van der Waals surface area contributed by atoms with E-state index >= 15 is 0 Å². The quantitative estimate of drug-likeness (QED) is 0.635. The van der Waals surface area contributed by atoms with Gasteiger partial charge in [0.2, 0.25) is 0 Å². The number of anilines is 1. The third-order valence-corrected chi connectivity index (χ3v) is 2.74. The number of aryl methyl sites for hydroxylation is 2. The number of methoxy groups -OCH3 is 1. The molecule has 1 heterocycles. The summed E-state index contributed by atoms with van der Waals surface area (Å²) in [5.74, 6) is 0.767. The van der Waals surface area contributed by atoms with Crippen LogP contribution in [0.1, 0.15) is 12.0 Å². The van der Waals surface area contributed by atoms with Gasteiger partial charge in [-0.05, 0) is 47.5 Å². The maximum Gasteiger partial charge on any atom is 0.182 e. The second-order valence-electron chi connectivity index (χ2n) is 4.15. The Morgan fingerprint density at radius 1 is 1.39 bits per heavy atom. The van der Waals surface area contributed by atoms with E-state index in [4.69, 9.17) is 10.5 Å². The van der Waals surface area contributed by atoms with E-state index in [0.29, 0.717) is 6.61 Å². The van der Waals surface area contributed by atoms with Gasteiger partial charge >= 0.3 is 0 Å². The van der Waals surface area contributed by atoms with Crippen LogP contribution in [-0.4, -0.2) is 33.9 Å². The normalized spacial score (nSPS) is 10.8. The minimum Gasteiger partial charge on any atom is -0.399 e. The molecule has 0 radical (unpaired) electrons. The lowest BCUT2D eigenvalue weighted by atomic mass is 10.1. The molecular formula is C12H17N5O. The Kier molecular flexibility index (Phi) is 3.88. The van der Waals surface area contributed by atoms with Gasteiger partial charge in [0, 0.05) is 31.5 Å². The summed E-state index contributed by atoms with van der Waals surface area (Å²) in [6.45, 7) is 3.43. The zero-order chi connectivity index (χ0) is 13.0. The van der Waals surface area contributed by atoms with Crippen LogP contribution in [0.15, 0.2) is 18.2 Å². The highest BCUT2D eigenvalue weighted by atomic mass is 16.5. The average Bonchev–Trinajstić information content (AvgIpc) is 2.78. The van der Waals surface area contributed by atoms with E-state index in [2.05, 4.69) is 15.5 Å². The van der Waals surface area contributed by atoms with Crippen LogP contribution in [0.4, 0.5) is 5.69 Å². The Hall–Kier alpha value is -1.95. The first-order valence-corrected chi connectivity index (χ1v) is 5.84. The summed E-state index contributed by atoms with van der Waals surface area (Å²) in [6, 6.07) is 5.73. The summed E-state index contributed by atoms with van der Waals surface area (Å²) in [5, 5.41) is 11.8. The Morgan fingerprint density at radius 3 is 2.94 bits per heavy atom. The predicted octanol–water partition coefficient (Wildman–Crippen LogP) is 1.27. The summed E-state index contributed by atoms with van der Waals surface area (Å²) in [4.78, 5) is 0. The molecule has 0 spiro atoms. The molecule has 2 N–H and O–H groups in total. The van der Waals surface area contributed by atoms with E-state index in [1.165, 1.54) is 0 Å². The van der Waals surface area contributed by atoms with Gasteiger partial charge in [0.05, 0.1) is 0 Å². The van der Waals surface area contributed by atoms with Crippen molar-refractivity contribution in [2.45, 2.75) is 19.9 Å². The van der Waals surface area contributed by atoms with E-state index in [1.54, 1.807) is 11.8 Å².